The van der Waals surface area contributed by atoms with Crippen molar-refractivity contribution in [2.75, 3.05) is 6.61 Å². The van der Waals surface area contributed by atoms with Crippen LogP contribution in [0.5, 0.6) is 0 Å². The molecule has 0 N–H and O–H groups in total. The molecule has 0 saturated heterocycles. The predicted molar refractivity (Wildman–Crippen MR) is 79.6 cm³/mol. The molecule has 0 aromatic heterocycles. The lowest BCUT2D eigenvalue weighted by Crippen LogP contribution is -2.24. The van der Waals surface area contributed by atoms with Crippen LogP contribution < -0.4 is 0 Å². The summed E-state index contributed by atoms with van der Waals surface area (Å²) in [6, 6.07) is 2.92. The van der Waals surface area contributed by atoms with Gasteiger partial charge in [-0.3, -0.25) is 4.99 Å². The maximum Gasteiger partial charge on any atom is 0.345 e. The van der Waals surface area contributed by atoms with E-state index in [0.717, 1.165) is 6.42 Å². The van der Waals surface area contributed by atoms with E-state index in [1.165, 1.54) is 13.0 Å². The van der Waals surface area contributed by atoms with Crippen molar-refractivity contribution in [1.82, 2.24) is 0 Å². The number of aliphatic imine (C=N–C) groups is 1. The minimum Gasteiger partial charge on any atom is -0.316 e. The standard InChI is InChI=1S/C16H21F4NO/c1-5-10(3)12-8-13(11(4)7-14(12)21-6-2)16(19,20)9-22-15(17)18/h6-8,10,15H,5,9H2,1-4H3/b21-6-. The van der Waals surface area contributed by atoms with Gasteiger partial charge in [0.1, 0.15) is 6.61 Å². The zero-order chi connectivity index (χ0) is 16.9. The highest BCUT2D eigenvalue weighted by Crippen LogP contribution is 2.38. The Morgan fingerprint density at radius 1 is 1.32 bits per heavy atom. The van der Waals surface area contributed by atoms with Crippen LogP contribution in [0.15, 0.2) is 17.1 Å². The molecule has 0 aliphatic carbocycles. The van der Waals surface area contributed by atoms with Crippen LogP contribution in [0.3, 0.4) is 0 Å². The maximum atomic E-state index is 14.1. The zero-order valence-electron chi connectivity index (χ0n) is 13.2. The Morgan fingerprint density at radius 3 is 2.45 bits per heavy atom. The van der Waals surface area contributed by atoms with Crippen molar-refractivity contribution < 1.29 is 22.3 Å². The van der Waals surface area contributed by atoms with Gasteiger partial charge in [0.05, 0.1) is 5.69 Å². The molecule has 1 rings (SSSR count). The van der Waals surface area contributed by atoms with Gasteiger partial charge in [-0.2, -0.15) is 17.6 Å². The maximum absolute atomic E-state index is 14.1. The molecule has 2 nitrogen and oxygen atoms in total. The largest absolute Gasteiger partial charge is 0.345 e. The fourth-order valence-corrected chi connectivity index (χ4v) is 2.21. The number of rotatable bonds is 7. The molecule has 1 unspecified atom stereocenters. The van der Waals surface area contributed by atoms with Crippen molar-refractivity contribution in [2.24, 2.45) is 4.99 Å². The topological polar surface area (TPSA) is 21.6 Å². The first-order chi connectivity index (χ1) is 10.2. The molecule has 6 heteroatoms. The SMILES string of the molecule is C/C=N\c1cc(C)c(C(F)(F)COC(F)F)cc1C(C)CC. The molecule has 0 radical (unpaired) electrons. The quantitative estimate of drug-likeness (QED) is 0.476. The van der Waals surface area contributed by atoms with E-state index in [9.17, 15) is 17.6 Å². The van der Waals surface area contributed by atoms with Gasteiger partial charge in [-0.05, 0) is 49.4 Å². The number of benzene rings is 1. The van der Waals surface area contributed by atoms with Gasteiger partial charge in [0, 0.05) is 11.8 Å². The smallest absolute Gasteiger partial charge is 0.316 e. The summed E-state index contributed by atoms with van der Waals surface area (Å²) in [7, 11) is 0. The number of hydrogen-bond acceptors (Lipinski definition) is 2. The summed E-state index contributed by atoms with van der Waals surface area (Å²) in [5, 5.41) is 0. The van der Waals surface area contributed by atoms with Crippen molar-refractivity contribution in [3.05, 3.63) is 28.8 Å². The Bertz CT molecular complexity index is 529. The van der Waals surface area contributed by atoms with E-state index in [1.807, 2.05) is 13.8 Å². The van der Waals surface area contributed by atoms with Crippen LogP contribution in [-0.2, 0) is 10.7 Å². The minimum absolute atomic E-state index is 0.0323. The molecule has 0 heterocycles. The van der Waals surface area contributed by atoms with Crippen LogP contribution in [0.4, 0.5) is 23.2 Å². The minimum atomic E-state index is -3.48. The van der Waals surface area contributed by atoms with Gasteiger partial charge >= 0.3 is 6.61 Å². The number of halogens is 4. The predicted octanol–water partition coefficient (Wildman–Crippen LogP) is 5.56. The molecule has 0 fully saturated rings. The summed E-state index contributed by atoms with van der Waals surface area (Å²) in [5.41, 5.74) is 1.32. The molecule has 1 aromatic rings. The van der Waals surface area contributed by atoms with Gasteiger partial charge in [-0.25, -0.2) is 0 Å². The monoisotopic (exact) mass is 319 g/mol. The molecule has 0 spiro atoms. The number of ether oxygens (including phenoxy) is 1. The number of alkyl halides is 4. The average molecular weight is 319 g/mol. The Kier molecular flexibility index (Phi) is 6.53. The average Bonchev–Trinajstić information content (AvgIpc) is 2.44. The molecule has 0 aliphatic rings. The van der Waals surface area contributed by atoms with E-state index in [1.54, 1.807) is 19.2 Å². The van der Waals surface area contributed by atoms with E-state index < -0.39 is 19.1 Å². The summed E-state index contributed by atoms with van der Waals surface area (Å²) in [5.74, 6) is -3.44. The molecular formula is C16H21F4NO. The molecule has 0 amide bonds. The second-order valence-electron chi connectivity index (χ2n) is 5.20. The van der Waals surface area contributed by atoms with Gasteiger partial charge in [0.2, 0.25) is 0 Å². The Balaban J connectivity index is 3.30. The summed E-state index contributed by atoms with van der Waals surface area (Å²) >= 11 is 0. The fraction of sp³-hybridized carbons (Fsp3) is 0.562. The van der Waals surface area contributed by atoms with Gasteiger partial charge < -0.3 is 4.74 Å². The van der Waals surface area contributed by atoms with Gasteiger partial charge in [0.15, 0.2) is 0 Å². The fourth-order valence-electron chi connectivity index (χ4n) is 2.21. The summed E-state index contributed by atoms with van der Waals surface area (Å²) in [6.07, 6.45) is 2.35. The van der Waals surface area contributed by atoms with Crippen LogP contribution in [-0.4, -0.2) is 19.4 Å². The second kappa shape index (κ2) is 7.72. The number of nitrogens with zero attached hydrogens (tertiary/aromatic N) is 1. The summed E-state index contributed by atoms with van der Waals surface area (Å²) in [6.45, 7) is 2.56. The van der Waals surface area contributed by atoms with Crippen molar-refractivity contribution in [1.29, 1.82) is 0 Å². The highest BCUT2D eigenvalue weighted by Gasteiger charge is 2.35. The van der Waals surface area contributed by atoms with Crippen LogP contribution >= 0.6 is 0 Å². The first-order valence-electron chi connectivity index (χ1n) is 7.14. The van der Waals surface area contributed by atoms with Crippen molar-refractivity contribution in [3.63, 3.8) is 0 Å². The van der Waals surface area contributed by atoms with Crippen LogP contribution in [0.25, 0.3) is 0 Å². The van der Waals surface area contributed by atoms with Crippen molar-refractivity contribution >= 4 is 11.9 Å². The third-order valence-electron chi connectivity index (χ3n) is 3.57. The number of aryl methyl sites for hydroxylation is 1. The molecular weight excluding hydrogens is 298 g/mol. The molecule has 0 bridgehead atoms. The van der Waals surface area contributed by atoms with Crippen LogP contribution in [0, 0.1) is 6.92 Å². The third kappa shape index (κ3) is 4.53. The second-order valence-corrected chi connectivity index (χ2v) is 5.20. The lowest BCUT2D eigenvalue weighted by molar-refractivity contribution is -0.185. The normalized spacial score (nSPS) is 14.0. The van der Waals surface area contributed by atoms with Gasteiger partial charge in [-0.1, -0.05) is 13.8 Å². The molecule has 1 atom stereocenters. The third-order valence-corrected chi connectivity index (χ3v) is 3.57. The van der Waals surface area contributed by atoms with E-state index in [2.05, 4.69) is 9.73 Å². The lowest BCUT2D eigenvalue weighted by Gasteiger charge is -2.22. The van der Waals surface area contributed by atoms with Crippen LogP contribution in [0.1, 0.15) is 49.8 Å². The molecule has 0 aliphatic heterocycles. The van der Waals surface area contributed by atoms with Crippen molar-refractivity contribution in [2.45, 2.75) is 52.6 Å². The molecule has 22 heavy (non-hydrogen) atoms. The van der Waals surface area contributed by atoms with E-state index in [4.69, 9.17) is 0 Å². The van der Waals surface area contributed by atoms with Crippen molar-refractivity contribution in [3.8, 4) is 0 Å². The Hall–Kier alpha value is -1.43. The van der Waals surface area contributed by atoms with Gasteiger partial charge in [0.25, 0.3) is 5.92 Å². The Labute approximate surface area is 128 Å². The molecule has 124 valence electrons. The first-order valence-corrected chi connectivity index (χ1v) is 7.14. The lowest BCUT2D eigenvalue weighted by atomic mass is 9.91. The number of hydrogen-bond donors (Lipinski definition) is 0. The molecule has 0 saturated carbocycles. The Morgan fingerprint density at radius 2 is 1.95 bits per heavy atom. The van der Waals surface area contributed by atoms with E-state index in [-0.39, 0.29) is 11.5 Å². The summed E-state index contributed by atoms with van der Waals surface area (Å²) < 4.78 is 56.2. The van der Waals surface area contributed by atoms with Crippen LogP contribution in [0.2, 0.25) is 0 Å². The zero-order valence-corrected chi connectivity index (χ0v) is 13.2. The molecule has 1 aromatic carbocycles. The summed E-state index contributed by atoms with van der Waals surface area (Å²) in [4.78, 5) is 4.21. The van der Waals surface area contributed by atoms with E-state index >= 15 is 0 Å². The highest BCUT2D eigenvalue weighted by atomic mass is 19.3. The highest BCUT2D eigenvalue weighted by molar-refractivity contribution is 5.64. The first kappa shape index (κ1) is 18.6. The van der Waals surface area contributed by atoms with E-state index in [0.29, 0.717) is 16.8 Å². The van der Waals surface area contributed by atoms with Gasteiger partial charge in [-0.15, -0.1) is 0 Å².